The summed E-state index contributed by atoms with van der Waals surface area (Å²) in [6, 6.07) is 21.3. The molecule has 1 aliphatic rings. The molecular weight excluding hydrogens is 571 g/mol. The first-order valence-electron chi connectivity index (χ1n) is 13.0. The lowest BCUT2D eigenvalue weighted by molar-refractivity contribution is -0.113. The average Bonchev–Trinajstić information content (AvgIpc) is 3.55. The summed E-state index contributed by atoms with van der Waals surface area (Å²) in [7, 11) is 1.58. The highest BCUT2D eigenvalue weighted by Gasteiger charge is 2.32. The number of benzene rings is 2. The molecule has 0 saturated heterocycles. The van der Waals surface area contributed by atoms with Crippen molar-refractivity contribution in [2.45, 2.75) is 30.1 Å². The van der Waals surface area contributed by atoms with Gasteiger partial charge < -0.3 is 14.5 Å². The number of ether oxygens (including phenoxy) is 1. The predicted molar refractivity (Wildman–Crippen MR) is 161 cm³/mol. The highest BCUT2D eigenvalue weighted by atomic mass is 32.2. The van der Waals surface area contributed by atoms with Crippen LogP contribution in [0.4, 0.5) is 5.69 Å². The SMILES string of the molecule is COc1cccc([C@H]2C(C(=O)Nc3ccccc3)=C(C)N=c3s/c(=C/c4ccc(Sc5nccc(C)n5)o4)c(=O)n32)c1. The van der Waals surface area contributed by atoms with Crippen molar-refractivity contribution in [1.29, 1.82) is 0 Å². The quantitative estimate of drug-likeness (QED) is 0.271. The highest BCUT2D eigenvalue weighted by Crippen LogP contribution is 2.32. The number of nitrogens with zero attached hydrogens (tertiary/aromatic N) is 4. The fourth-order valence-corrected chi connectivity index (χ4v) is 6.40. The number of fused-ring (bicyclic) bond motifs is 1. The Balaban J connectivity index is 1.42. The Labute approximate surface area is 249 Å². The second kappa shape index (κ2) is 11.6. The van der Waals surface area contributed by atoms with Gasteiger partial charge in [0.25, 0.3) is 11.5 Å². The number of carbonyl (C=O) groups excluding carboxylic acids is 1. The smallest absolute Gasteiger partial charge is 0.271 e. The maximum Gasteiger partial charge on any atom is 0.271 e. The summed E-state index contributed by atoms with van der Waals surface area (Å²) in [6.07, 6.45) is 3.39. The van der Waals surface area contributed by atoms with Crippen LogP contribution in [0.25, 0.3) is 6.08 Å². The molecule has 0 fully saturated rings. The summed E-state index contributed by atoms with van der Waals surface area (Å²) < 4.78 is 13.4. The fraction of sp³-hybridized carbons (Fsp3) is 0.129. The number of furan rings is 1. The van der Waals surface area contributed by atoms with E-state index in [1.165, 1.54) is 23.1 Å². The third kappa shape index (κ3) is 5.56. The summed E-state index contributed by atoms with van der Waals surface area (Å²) >= 11 is 2.54. The van der Waals surface area contributed by atoms with Crippen LogP contribution < -0.4 is 24.9 Å². The summed E-state index contributed by atoms with van der Waals surface area (Å²) in [5.41, 5.74) is 2.85. The van der Waals surface area contributed by atoms with E-state index in [2.05, 4.69) is 15.3 Å². The third-order valence-electron chi connectivity index (χ3n) is 6.55. The van der Waals surface area contributed by atoms with Gasteiger partial charge in [-0.15, -0.1) is 0 Å². The van der Waals surface area contributed by atoms with E-state index in [0.717, 1.165) is 11.3 Å². The molecule has 0 bridgehead atoms. The van der Waals surface area contributed by atoms with E-state index in [1.54, 1.807) is 36.9 Å². The Morgan fingerprint density at radius 3 is 2.71 bits per heavy atom. The molecule has 1 aliphatic heterocycles. The number of thiazole rings is 1. The van der Waals surface area contributed by atoms with Crippen LogP contribution in [0.3, 0.4) is 0 Å². The lowest BCUT2D eigenvalue weighted by Crippen LogP contribution is -2.40. The van der Waals surface area contributed by atoms with Crippen molar-refractivity contribution in [3.05, 3.63) is 127 Å². The van der Waals surface area contributed by atoms with E-state index in [4.69, 9.17) is 14.1 Å². The molecule has 210 valence electrons. The van der Waals surface area contributed by atoms with Crippen molar-refractivity contribution in [3.8, 4) is 5.75 Å². The molecule has 0 saturated carbocycles. The standard InChI is InChI=1S/C31H25N5O4S2/c1-18-14-15-32-30(33-18)42-25-13-12-23(40-25)17-24-29(38)36-27(20-8-7-11-22(16-20)39-3)26(19(2)34-31(36)41-24)28(37)35-21-9-5-4-6-10-21/h4-17,27H,1-3H3,(H,35,37)/b24-17+/t27-/m0/s1. The molecular formula is C31H25N5O4S2. The van der Waals surface area contributed by atoms with Gasteiger partial charge >= 0.3 is 0 Å². The normalized spacial score (nSPS) is 14.8. The molecule has 1 N–H and O–H groups in total. The summed E-state index contributed by atoms with van der Waals surface area (Å²) in [5.74, 6) is 0.784. The van der Waals surface area contributed by atoms with Gasteiger partial charge in [-0.1, -0.05) is 41.7 Å². The lowest BCUT2D eigenvalue weighted by Gasteiger charge is -2.25. The van der Waals surface area contributed by atoms with Gasteiger partial charge in [-0.05, 0) is 73.6 Å². The molecule has 1 amide bonds. The Hall–Kier alpha value is -4.74. The predicted octanol–water partition coefficient (Wildman–Crippen LogP) is 4.73. The van der Waals surface area contributed by atoms with Crippen LogP contribution in [0.1, 0.15) is 30.0 Å². The molecule has 0 unspecified atom stereocenters. The van der Waals surface area contributed by atoms with Crippen molar-refractivity contribution in [2.24, 2.45) is 4.99 Å². The zero-order valence-corrected chi connectivity index (χ0v) is 24.5. The molecule has 1 atom stereocenters. The summed E-state index contributed by atoms with van der Waals surface area (Å²) in [6.45, 7) is 3.68. The van der Waals surface area contributed by atoms with Crippen molar-refractivity contribution in [2.75, 3.05) is 12.4 Å². The van der Waals surface area contributed by atoms with E-state index in [1.807, 2.05) is 73.7 Å². The molecule has 9 nitrogen and oxygen atoms in total. The first-order valence-corrected chi connectivity index (χ1v) is 14.6. The van der Waals surface area contributed by atoms with Crippen LogP contribution in [0.15, 0.2) is 115 Å². The van der Waals surface area contributed by atoms with Gasteiger partial charge in [0.15, 0.2) is 15.1 Å². The molecule has 0 radical (unpaired) electrons. The Morgan fingerprint density at radius 1 is 1.10 bits per heavy atom. The van der Waals surface area contributed by atoms with Crippen LogP contribution in [-0.4, -0.2) is 27.6 Å². The minimum Gasteiger partial charge on any atom is -0.497 e. The third-order valence-corrected chi connectivity index (χ3v) is 8.33. The Morgan fingerprint density at radius 2 is 1.93 bits per heavy atom. The first kappa shape index (κ1) is 27.4. The monoisotopic (exact) mass is 595 g/mol. The maximum absolute atomic E-state index is 14.0. The number of methoxy groups -OCH3 is 1. The Bertz CT molecular complexity index is 2010. The zero-order chi connectivity index (χ0) is 29.2. The van der Waals surface area contributed by atoms with Gasteiger partial charge in [0, 0.05) is 23.7 Å². The van der Waals surface area contributed by atoms with Gasteiger partial charge in [-0.25, -0.2) is 15.0 Å². The molecule has 5 aromatic rings. The Kier molecular flexibility index (Phi) is 7.60. The molecule has 3 aromatic heterocycles. The van der Waals surface area contributed by atoms with Crippen LogP contribution in [0.2, 0.25) is 0 Å². The first-order chi connectivity index (χ1) is 20.4. The van der Waals surface area contributed by atoms with Crippen LogP contribution in [-0.2, 0) is 4.79 Å². The highest BCUT2D eigenvalue weighted by molar-refractivity contribution is 7.99. The van der Waals surface area contributed by atoms with E-state index < -0.39 is 6.04 Å². The van der Waals surface area contributed by atoms with Gasteiger partial charge in [-0.3, -0.25) is 14.2 Å². The maximum atomic E-state index is 14.0. The number of aromatic nitrogens is 3. The van der Waals surface area contributed by atoms with Crippen LogP contribution >= 0.6 is 23.1 Å². The van der Waals surface area contributed by atoms with Gasteiger partial charge in [0.05, 0.1) is 29.0 Å². The number of aryl methyl sites for hydroxylation is 1. The molecule has 6 rings (SSSR count). The number of carbonyl (C=O) groups is 1. The number of amides is 1. The van der Waals surface area contributed by atoms with E-state index in [-0.39, 0.29) is 11.5 Å². The molecule has 11 heteroatoms. The largest absolute Gasteiger partial charge is 0.497 e. The average molecular weight is 596 g/mol. The van der Waals surface area contributed by atoms with Gasteiger partial charge in [-0.2, -0.15) is 0 Å². The zero-order valence-electron chi connectivity index (χ0n) is 22.9. The van der Waals surface area contributed by atoms with E-state index in [0.29, 0.717) is 48.0 Å². The molecule has 42 heavy (non-hydrogen) atoms. The van der Waals surface area contributed by atoms with Crippen molar-refractivity contribution in [1.82, 2.24) is 14.5 Å². The van der Waals surface area contributed by atoms with Gasteiger partial charge in [0.1, 0.15) is 11.5 Å². The number of hydrogen-bond acceptors (Lipinski definition) is 9. The summed E-state index contributed by atoms with van der Waals surface area (Å²) in [5, 5.41) is 4.13. The number of anilines is 1. The van der Waals surface area contributed by atoms with Crippen molar-refractivity contribution < 1.29 is 13.9 Å². The van der Waals surface area contributed by atoms with E-state index in [9.17, 15) is 9.59 Å². The number of rotatable bonds is 7. The van der Waals surface area contributed by atoms with Crippen LogP contribution in [0.5, 0.6) is 5.75 Å². The molecule has 2 aromatic carbocycles. The minimum atomic E-state index is -0.719. The second-order valence-electron chi connectivity index (χ2n) is 9.42. The van der Waals surface area contributed by atoms with E-state index >= 15 is 0 Å². The van der Waals surface area contributed by atoms with Crippen molar-refractivity contribution >= 4 is 40.8 Å². The number of allylic oxidation sites excluding steroid dienone is 1. The fourth-order valence-electron chi connectivity index (χ4n) is 4.62. The van der Waals surface area contributed by atoms with Gasteiger partial charge in [0.2, 0.25) is 0 Å². The van der Waals surface area contributed by atoms with Crippen LogP contribution in [0, 0.1) is 6.92 Å². The number of para-hydroxylation sites is 1. The minimum absolute atomic E-state index is 0.281. The lowest BCUT2D eigenvalue weighted by atomic mass is 9.95. The number of hydrogen-bond donors (Lipinski definition) is 1. The number of nitrogens with one attached hydrogen (secondary N) is 1. The summed E-state index contributed by atoms with van der Waals surface area (Å²) in [4.78, 5) is 41.5. The molecule has 0 aliphatic carbocycles. The van der Waals surface area contributed by atoms with Crippen molar-refractivity contribution in [3.63, 3.8) is 0 Å². The molecule has 4 heterocycles. The second-order valence-corrected chi connectivity index (χ2v) is 11.4. The topological polar surface area (TPSA) is 112 Å². The molecule has 0 spiro atoms.